The predicted octanol–water partition coefficient (Wildman–Crippen LogP) is 3.43. The van der Waals surface area contributed by atoms with Gasteiger partial charge >= 0.3 is 5.97 Å². The molecule has 0 bridgehead atoms. The number of rotatable bonds is 4. The van der Waals surface area contributed by atoms with E-state index in [0.29, 0.717) is 17.7 Å². The summed E-state index contributed by atoms with van der Waals surface area (Å²) < 4.78 is 48.6. The van der Waals surface area contributed by atoms with Gasteiger partial charge in [0.15, 0.2) is 21.4 Å². The summed E-state index contributed by atoms with van der Waals surface area (Å²) in [6.07, 6.45) is 1.44. The van der Waals surface area contributed by atoms with E-state index >= 15 is 0 Å². The van der Waals surface area contributed by atoms with Crippen molar-refractivity contribution in [3.8, 4) is 17.2 Å². The van der Waals surface area contributed by atoms with Crippen LogP contribution in [0.1, 0.15) is 29.8 Å². The molecule has 0 radical (unpaired) electrons. The Bertz CT molecular complexity index is 1010. The first kappa shape index (κ1) is 18.2. The molecule has 6 nitrogen and oxygen atoms in total. The molecule has 3 rings (SSSR count). The highest BCUT2D eigenvalue weighted by Crippen LogP contribution is 2.43. The molecular weight excluding hydrogens is 363 g/mol. The summed E-state index contributed by atoms with van der Waals surface area (Å²) in [5.74, 6) is -1.69. The number of carboxylic acids is 1. The van der Waals surface area contributed by atoms with Gasteiger partial charge in [-0.2, -0.15) is 0 Å². The monoisotopic (exact) mass is 380 g/mol. The van der Waals surface area contributed by atoms with E-state index < -0.39 is 27.2 Å². The summed E-state index contributed by atoms with van der Waals surface area (Å²) in [6, 6.07) is 6.01. The van der Waals surface area contributed by atoms with Crippen molar-refractivity contribution in [2.45, 2.75) is 30.8 Å². The zero-order chi connectivity index (χ0) is 19.3. The molecule has 26 heavy (non-hydrogen) atoms. The Morgan fingerprint density at radius 2 is 1.92 bits per heavy atom. The molecule has 2 aromatic carbocycles. The molecule has 0 unspecified atom stereocenters. The summed E-state index contributed by atoms with van der Waals surface area (Å²) in [5, 5.41) is 9.27. The van der Waals surface area contributed by atoms with Crippen LogP contribution in [-0.4, -0.2) is 31.4 Å². The van der Waals surface area contributed by atoms with Crippen molar-refractivity contribution < 1.29 is 32.2 Å². The van der Waals surface area contributed by atoms with E-state index in [9.17, 15) is 22.7 Å². The number of fused-ring (bicyclic) bond motifs is 1. The van der Waals surface area contributed by atoms with Crippen LogP contribution < -0.4 is 9.47 Å². The fourth-order valence-electron chi connectivity index (χ4n) is 2.77. The van der Waals surface area contributed by atoms with Gasteiger partial charge in [0.05, 0.1) is 10.5 Å². The molecule has 0 spiro atoms. The first-order valence-electron chi connectivity index (χ1n) is 7.73. The molecule has 0 aromatic heterocycles. The van der Waals surface area contributed by atoms with E-state index in [1.54, 1.807) is 0 Å². The minimum Gasteiger partial charge on any atom is -0.487 e. The lowest BCUT2D eigenvalue weighted by Crippen LogP contribution is -2.24. The van der Waals surface area contributed by atoms with Crippen LogP contribution in [0.25, 0.3) is 0 Å². The van der Waals surface area contributed by atoms with Gasteiger partial charge < -0.3 is 14.6 Å². The highest BCUT2D eigenvalue weighted by atomic mass is 32.2. The van der Waals surface area contributed by atoms with Gasteiger partial charge in [-0.25, -0.2) is 17.6 Å². The number of sulfone groups is 1. The lowest BCUT2D eigenvalue weighted by Gasteiger charge is -2.16. The van der Waals surface area contributed by atoms with Gasteiger partial charge in [-0.1, -0.05) is 0 Å². The van der Waals surface area contributed by atoms with E-state index in [-0.39, 0.29) is 22.0 Å². The standard InChI is InChI=1S/C18H17FO6S/c1-18(2)9-12-15(6-10(17(20)21)7-16(12)25-18)24-14-5-4-11(8-13(14)19)26(3,22)23/h4-8H,9H2,1-3H3,(H,20,21). The number of hydrogen-bond acceptors (Lipinski definition) is 5. The van der Waals surface area contributed by atoms with Gasteiger partial charge in [0.1, 0.15) is 17.1 Å². The molecule has 8 heteroatoms. The number of ether oxygens (including phenoxy) is 2. The van der Waals surface area contributed by atoms with Crippen LogP contribution in [0.3, 0.4) is 0 Å². The Balaban J connectivity index is 2.05. The van der Waals surface area contributed by atoms with Crippen LogP contribution in [0.5, 0.6) is 17.2 Å². The molecule has 2 aromatic rings. The summed E-state index contributed by atoms with van der Waals surface area (Å²) >= 11 is 0. The van der Waals surface area contributed by atoms with Crippen molar-refractivity contribution in [3.63, 3.8) is 0 Å². The molecule has 0 saturated heterocycles. The molecular formula is C18H17FO6S. The predicted molar refractivity (Wildman–Crippen MR) is 91.4 cm³/mol. The molecule has 1 heterocycles. The number of aromatic carboxylic acids is 1. The quantitative estimate of drug-likeness (QED) is 0.874. The molecule has 1 aliphatic rings. The fourth-order valence-corrected chi connectivity index (χ4v) is 3.41. The summed E-state index contributed by atoms with van der Waals surface area (Å²) in [4.78, 5) is 11.2. The second-order valence-corrected chi connectivity index (χ2v) is 8.78. The summed E-state index contributed by atoms with van der Waals surface area (Å²) in [6.45, 7) is 3.69. The maximum Gasteiger partial charge on any atom is 0.335 e. The largest absolute Gasteiger partial charge is 0.487 e. The maximum atomic E-state index is 14.3. The third kappa shape index (κ3) is 3.50. The third-order valence-electron chi connectivity index (χ3n) is 3.96. The molecule has 0 saturated carbocycles. The highest BCUT2D eigenvalue weighted by Gasteiger charge is 2.34. The second-order valence-electron chi connectivity index (χ2n) is 6.76. The van der Waals surface area contributed by atoms with Crippen molar-refractivity contribution >= 4 is 15.8 Å². The van der Waals surface area contributed by atoms with Crippen LogP contribution >= 0.6 is 0 Å². The number of carboxylic acid groups (broad SMARTS) is 1. The number of benzene rings is 2. The fraction of sp³-hybridized carbons (Fsp3) is 0.278. The molecule has 0 amide bonds. The topological polar surface area (TPSA) is 89.9 Å². The number of halogens is 1. The van der Waals surface area contributed by atoms with Crippen molar-refractivity contribution in [1.29, 1.82) is 0 Å². The van der Waals surface area contributed by atoms with Crippen molar-refractivity contribution in [2.24, 2.45) is 0 Å². The van der Waals surface area contributed by atoms with E-state index in [2.05, 4.69) is 0 Å². The van der Waals surface area contributed by atoms with Crippen molar-refractivity contribution in [3.05, 3.63) is 47.3 Å². The molecule has 0 atom stereocenters. The minimum atomic E-state index is -3.55. The first-order valence-corrected chi connectivity index (χ1v) is 9.62. The van der Waals surface area contributed by atoms with Gasteiger partial charge in [0, 0.05) is 18.2 Å². The summed E-state index contributed by atoms with van der Waals surface area (Å²) in [5.41, 5.74) is 0.0344. The van der Waals surface area contributed by atoms with E-state index in [0.717, 1.165) is 12.3 Å². The highest BCUT2D eigenvalue weighted by molar-refractivity contribution is 7.90. The van der Waals surface area contributed by atoms with Gasteiger partial charge in [0.25, 0.3) is 0 Å². The maximum absolute atomic E-state index is 14.3. The number of carbonyl (C=O) groups is 1. The van der Waals surface area contributed by atoms with Gasteiger partial charge in [-0.15, -0.1) is 0 Å². The Morgan fingerprint density at radius 3 is 2.50 bits per heavy atom. The van der Waals surface area contributed by atoms with E-state index in [1.165, 1.54) is 24.3 Å². The van der Waals surface area contributed by atoms with Crippen molar-refractivity contribution in [1.82, 2.24) is 0 Å². The summed E-state index contributed by atoms with van der Waals surface area (Å²) in [7, 11) is -3.55. The zero-order valence-corrected chi connectivity index (χ0v) is 15.2. The second kappa shape index (κ2) is 5.98. The molecule has 1 N–H and O–H groups in total. The Labute approximate surface area is 150 Å². The lowest BCUT2D eigenvalue weighted by atomic mass is 10.00. The molecule has 0 fully saturated rings. The van der Waals surface area contributed by atoms with E-state index in [4.69, 9.17) is 9.47 Å². The first-order chi connectivity index (χ1) is 12.0. The molecule has 138 valence electrons. The van der Waals surface area contributed by atoms with Crippen LogP contribution in [0, 0.1) is 5.82 Å². The average molecular weight is 380 g/mol. The normalized spacial score (nSPS) is 15.2. The third-order valence-corrected chi connectivity index (χ3v) is 5.07. The smallest absolute Gasteiger partial charge is 0.335 e. The van der Waals surface area contributed by atoms with Crippen LogP contribution in [0.2, 0.25) is 0 Å². The number of hydrogen-bond donors (Lipinski definition) is 1. The molecule has 1 aliphatic heterocycles. The average Bonchev–Trinajstić information content (AvgIpc) is 2.82. The van der Waals surface area contributed by atoms with Gasteiger partial charge in [-0.05, 0) is 44.2 Å². The zero-order valence-electron chi connectivity index (χ0n) is 14.4. The van der Waals surface area contributed by atoms with Crippen molar-refractivity contribution in [2.75, 3.05) is 6.26 Å². The van der Waals surface area contributed by atoms with Gasteiger partial charge in [-0.3, -0.25) is 0 Å². The SMILES string of the molecule is CC1(C)Cc2c(Oc3ccc(S(C)(=O)=O)cc3F)cc(C(=O)O)cc2O1. The Kier molecular flexibility index (Phi) is 4.18. The van der Waals surface area contributed by atoms with Crippen LogP contribution in [0.15, 0.2) is 35.2 Å². The lowest BCUT2D eigenvalue weighted by molar-refractivity contribution is 0.0695. The van der Waals surface area contributed by atoms with Gasteiger partial charge in [0.2, 0.25) is 0 Å². The molecule has 0 aliphatic carbocycles. The van der Waals surface area contributed by atoms with E-state index in [1.807, 2.05) is 13.8 Å². The minimum absolute atomic E-state index is 0.0513. The Hall–Kier alpha value is -2.61. The Morgan fingerprint density at radius 1 is 1.23 bits per heavy atom. The van der Waals surface area contributed by atoms with Crippen LogP contribution in [-0.2, 0) is 16.3 Å². The van der Waals surface area contributed by atoms with Crippen LogP contribution in [0.4, 0.5) is 4.39 Å².